The van der Waals surface area contributed by atoms with Crippen LogP contribution in [0.25, 0.3) is 0 Å². The van der Waals surface area contributed by atoms with Gasteiger partial charge in [0.05, 0.1) is 0 Å². The molecule has 0 heterocycles. The third kappa shape index (κ3) is 3.28. The summed E-state index contributed by atoms with van der Waals surface area (Å²) in [7, 11) is -0.701. The van der Waals surface area contributed by atoms with E-state index in [1.807, 2.05) is 36.4 Å². The molecule has 0 aromatic heterocycles. The maximum Gasteiger partial charge on any atom is 0.0489 e. The first-order chi connectivity index (χ1) is 9.77. The minimum atomic E-state index is -0.701. The van der Waals surface area contributed by atoms with E-state index in [4.69, 9.17) is 11.6 Å². The normalized spacial score (nSPS) is 12.8. The Bertz CT molecular complexity index is 629. The van der Waals surface area contributed by atoms with Gasteiger partial charge in [-0.3, -0.25) is 0 Å². The van der Waals surface area contributed by atoms with Gasteiger partial charge in [-0.25, -0.2) is 0 Å². The molecule has 0 N–H and O–H groups in total. The number of hydrogen-bond acceptors (Lipinski definition) is 0. The van der Waals surface area contributed by atoms with E-state index in [9.17, 15) is 0 Å². The quantitative estimate of drug-likeness (QED) is 0.536. The Morgan fingerprint density at radius 2 is 1.60 bits per heavy atom. The SMILES string of the molecule is C=C/C=C(\C=C)P(c1ccccc1)c1ccccc1Cl. The fraction of sp³-hybridized carbons (Fsp3) is 0. The van der Waals surface area contributed by atoms with Crippen molar-refractivity contribution in [1.82, 2.24) is 0 Å². The van der Waals surface area contributed by atoms with E-state index in [1.165, 1.54) is 5.30 Å². The summed E-state index contributed by atoms with van der Waals surface area (Å²) < 4.78 is 0. The number of rotatable bonds is 5. The van der Waals surface area contributed by atoms with Crippen LogP contribution in [0.3, 0.4) is 0 Å². The largest absolute Gasteiger partial charge is 0.0990 e. The minimum Gasteiger partial charge on any atom is -0.0990 e. The summed E-state index contributed by atoms with van der Waals surface area (Å²) in [5.41, 5.74) is 0. The van der Waals surface area contributed by atoms with Crippen molar-refractivity contribution in [2.24, 2.45) is 0 Å². The van der Waals surface area contributed by atoms with Crippen molar-refractivity contribution >= 4 is 30.1 Å². The zero-order chi connectivity index (χ0) is 14.4. The molecule has 0 saturated heterocycles. The van der Waals surface area contributed by atoms with Crippen LogP contribution in [0.15, 0.2) is 91.3 Å². The second-order valence-electron chi connectivity index (χ2n) is 4.15. The lowest BCUT2D eigenvalue weighted by Crippen LogP contribution is -2.13. The van der Waals surface area contributed by atoms with Crippen molar-refractivity contribution < 1.29 is 0 Å². The predicted octanol–water partition coefficient (Wildman–Crippen LogP) is 5.03. The minimum absolute atomic E-state index is 0.701. The maximum atomic E-state index is 6.40. The van der Waals surface area contributed by atoms with E-state index in [-0.39, 0.29) is 0 Å². The van der Waals surface area contributed by atoms with Gasteiger partial charge in [0.2, 0.25) is 0 Å². The second kappa shape index (κ2) is 7.24. The predicted molar refractivity (Wildman–Crippen MR) is 92.6 cm³/mol. The molecule has 2 aromatic carbocycles. The van der Waals surface area contributed by atoms with Gasteiger partial charge in [-0.2, -0.15) is 0 Å². The van der Waals surface area contributed by atoms with Gasteiger partial charge in [-0.05, 0) is 24.6 Å². The molecule has 0 radical (unpaired) electrons. The molecular formula is C18H16ClP. The molecule has 0 aliphatic carbocycles. The summed E-state index contributed by atoms with van der Waals surface area (Å²) in [5, 5.41) is 4.33. The van der Waals surface area contributed by atoms with E-state index in [2.05, 4.69) is 43.5 Å². The summed E-state index contributed by atoms with van der Waals surface area (Å²) in [4.78, 5) is 0. The van der Waals surface area contributed by atoms with Gasteiger partial charge in [-0.15, -0.1) is 0 Å². The van der Waals surface area contributed by atoms with E-state index in [0.29, 0.717) is 0 Å². The Morgan fingerprint density at radius 3 is 2.20 bits per heavy atom. The van der Waals surface area contributed by atoms with E-state index in [0.717, 1.165) is 15.6 Å². The number of halogens is 1. The summed E-state index contributed by atoms with van der Waals surface area (Å²) in [5.74, 6) is 0. The average molecular weight is 299 g/mol. The van der Waals surface area contributed by atoms with Crippen LogP contribution >= 0.6 is 19.5 Å². The van der Waals surface area contributed by atoms with Gasteiger partial charge in [-0.1, -0.05) is 91.5 Å². The zero-order valence-corrected chi connectivity index (χ0v) is 12.8. The molecular weight excluding hydrogens is 283 g/mol. The monoisotopic (exact) mass is 298 g/mol. The summed E-state index contributed by atoms with van der Waals surface area (Å²) in [6.07, 6.45) is 5.70. The van der Waals surface area contributed by atoms with E-state index >= 15 is 0 Å². The van der Waals surface area contributed by atoms with Crippen LogP contribution in [0.4, 0.5) is 0 Å². The Kier molecular flexibility index (Phi) is 5.35. The molecule has 0 aliphatic heterocycles. The fourth-order valence-electron chi connectivity index (χ4n) is 1.99. The van der Waals surface area contributed by atoms with Crippen LogP contribution in [0.1, 0.15) is 0 Å². The molecule has 0 saturated carbocycles. The molecule has 1 atom stereocenters. The lowest BCUT2D eigenvalue weighted by molar-refractivity contribution is 1.74. The number of benzene rings is 2. The van der Waals surface area contributed by atoms with Crippen molar-refractivity contribution in [2.75, 3.05) is 0 Å². The molecule has 2 rings (SSSR count). The first-order valence-corrected chi connectivity index (χ1v) is 8.04. The molecule has 2 aromatic rings. The molecule has 0 aliphatic rings. The lowest BCUT2D eigenvalue weighted by atomic mass is 10.4. The van der Waals surface area contributed by atoms with Crippen LogP contribution in [0.5, 0.6) is 0 Å². The Hall–Kier alpha value is -1.62. The molecule has 2 heteroatoms. The zero-order valence-electron chi connectivity index (χ0n) is 11.2. The molecule has 100 valence electrons. The van der Waals surface area contributed by atoms with Gasteiger partial charge in [0.25, 0.3) is 0 Å². The Labute approximate surface area is 126 Å². The summed E-state index contributed by atoms with van der Waals surface area (Å²) in [6, 6.07) is 18.4. The van der Waals surface area contributed by atoms with Gasteiger partial charge in [0.1, 0.15) is 0 Å². The van der Waals surface area contributed by atoms with Crippen LogP contribution in [-0.4, -0.2) is 0 Å². The van der Waals surface area contributed by atoms with E-state index in [1.54, 1.807) is 6.08 Å². The van der Waals surface area contributed by atoms with Crippen LogP contribution in [0.2, 0.25) is 5.02 Å². The average Bonchev–Trinajstić information content (AvgIpc) is 2.49. The third-order valence-electron chi connectivity index (χ3n) is 2.86. The Morgan fingerprint density at radius 1 is 0.950 bits per heavy atom. The van der Waals surface area contributed by atoms with Gasteiger partial charge in [0.15, 0.2) is 0 Å². The first-order valence-electron chi connectivity index (χ1n) is 6.33. The summed E-state index contributed by atoms with van der Waals surface area (Å²) >= 11 is 6.40. The Balaban J connectivity index is 2.62. The maximum absolute atomic E-state index is 6.40. The molecule has 0 fully saturated rings. The number of hydrogen-bond donors (Lipinski definition) is 0. The summed E-state index contributed by atoms with van der Waals surface area (Å²) in [6.45, 7) is 7.73. The highest BCUT2D eigenvalue weighted by atomic mass is 35.5. The molecule has 0 bridgehead atoms. The highest BCUT2D eigenvalue weighted by Crippen LogP contribution is 2.45. The van der Waals surface area contributed by atoms with Crippen molar-refractivity contribution in [1.29, 1.82) is 0 Å². The van der Waals surface area contributed by atoms with Crippen molar-refractivity contribution in [3.8, 4) is 0 Å². The van der Waals surface area contributed by atoms with Gasteiger partial charge in [0, 0.05) is 10.3 Å². The van der Waals surface area contributed by atoms with Gasteiger partial charge >= 0.3 is 0 Å². The number of allylic oxidation sites excluding steroid dienone is 4. The molecule has 1 unspecified atom stereocenters. The molecule has 0 spiro atoms. The highest BCUT2D eigenvalue weighted by Gasteiger charge is 2.18. The fourth-order valence-corrected chi connectivity index (χ4v) is 4.67. The molecule has 0 amide bonds. The van der Waals surface area contributed by atoms with Crippen molar-refractivity contribution in [3.63, 3.8) is 0 Å². The highest BCUT2D eigenvalue weighted by molar-refractivity contribution is 7.77. The third-order valence-corrected chi connectivity index (χ3v) is 5.86. The van der Waals surface area contributed by atoms with Crippen LogP contribution in [-0.2, 0) is 0 Å². The topological polar surface area (TPSA) is 0 Å². The van der Waals surface area contributed by atoms with Crippen LogP contribution < -0.4 is 10.6 Å². The van der Waals surface area contributed by atoms with E-state index < -0.39 is 7.92 Å². The van der Waals surface area contributed by atoms with Crippen LogP contribution in [0, 0.1) is 0 Å². The standard InChI is InChI=1S/C18H16ClP/c1-3-10-15(4-2)20(16-11-6-5-7-12-16)18-14-9-8-13-17(18)19/h3-14H,1-2H2/b15-10+. The van der Waals surface area contributed by atoms with Crippen molar-refractivity contribution in [2.45, 2.75) is 0 Å². The first kappa shape index (κ1) is 14.8. The van der Waals surface area contributed by atoms with Crippen molar-refractivity contribution in [3.05, 3.63) is 96.3 Å². The molecule has 20 heavy (non-hydrogen) atoms. The van der Waals surface area contributed by atoms with Gasteiger partial charge < -0.3 is 0 Å². The second-order valence-corrected chi connectivity index (χ2v) is 6.75. The molecule has 0 nitrogen and oxygen atoms in total. The lowest BCUT2D eigenvalue weighted by Gasteiger charge is -2.21. The smallest absolute Gasteiger partial charge is 0.0489 e.